The summed E-state index contributed by atoms with van der Waals surface area (Å²) in [5.41, 5.74) is 0. The fourth-order valence-corrected chi connectivity index (χ4v) is 2.20. The fraction of sp³-hybridized carbons (Fsp3) is 0.467. The van der Waals surface area contributed by atoms with E-state index in [0.29, 0.717) is 19.6 Å². The molecule has 0 aliphatic rings. The minimum Gasteiger partial charge on any atom is -0.465 e. The van der Waals surface area contributed by atoms with Crippen LogP contribution in [0.3, 0.4) is 0 Å². The van der Waals surface area contributed by atoms with Crippen LogP contribution in [0, 0.1) is 0 Å². The molecular weight excluding hydrogens is 322 g/mol. The van der Waals surface area contributed by atoms with E-state index in [-0.39, 0.29) is 0 Å². The quantitative estimate of drug-likeness (QED) is 0.253. The molecule has 0 aliphatic carbocycles. The van der Waals surface area contributed by atoms with Crippen LogP contribution < -0.4 is 0 Å². The van der Waals surface area contributed by atoms with Crippen molar-refractivity contribution in [3.63, 3.8) is 0 Å². The second-order valence-corrected chi connectivity index (χ2v) is 6.68. The Morgan fingerprint density at radius 3 is 2.43 bits per heavy atom. The number of unbranched alkanes of at least 4 members (excludes halogenated alkanes) is 1. The summed E-state index contributed by atoms with van der Waals surface area (Å²) in [6.45, 7) is 4.30. The summed E-state index contributed by atoms with van der Waals surface area (Å²) in [6.07, 6.45) is 7.84. The minimum absolute atomic E-state index is 0.322. The summed E-state index contributed by atoms with van der Waals surface area (Å²) >= 11 is 0. The van der Waals surface area contributed by atoms with Crippen molar-refractivity contribution in [3.05, 3.63) is 35.9 Å². The monoisotopic (exact) mass is 345 g/mol. The summed E-state index contributed by atoms with van der Waals surface area (Å²) in [6, 6.07) is 0. The highest BCUT2D eigenvalue weighted by Gasteiger charge is 2.19. The maximum atomic E-state index is 11.5. The molecule has 0 saturated heterocycles. The van der Waals surface area contributed by atoms with Gasteiger partial charge in [-0.05, 0) is 31.2 Å². The number of allylic oxidation sites excluding steroid dienone is 2. The first-order chi connectivity index (χ1) is 10.7. The number of hydrogen-bond acceptors (Lipinski definition) is 7. The predicted molar refractivity (Wildman–Crippen MR) is 87.1 cm³/mol. The molecule has 0 aromatic carbocycles. The van der Waals surface area contributed by atoms with E-state index in [1.807, 2.05) is 4.90 Å². The number of methoxy groups -OCH3 is 1. The molecule has 0 saturated carbocycles. The van der Waals surface area contributed by atoms with Crippen LogP contribution in [0.25, 0.3) is 0 Å². The van der Waals surface area contributed by atoms with Gasteiger partial charge in [0, 0.05) is 25.9 Å². The van der Waals surface area contributed by atoms with Gasteiger partial charge < -0.3 is 14.4 Å². The zero-order valence-electron chi connectivity index (χ0n) is 13.6. The van der Waals surface area contributed by atoms with Crippen LogP contribution in [0.4, 0.5) is 0 Å². The highest BCUT2D eigenvalue weighted by Crippen LogP contribution is 2.07. The van der Waals surface area contributed by atoms with E-state index in [1.165, 1.54) is 12.2 Å². The Balaban J connectivity index is 4.37. The standard InChI is InChI=1S/C15H23NO6S/c1-5-14(17)22-12-7-6-10-16(2)11-8-9-13(15(18)21-3)23(4,19)20/h5,8-9,11H,1,6-7,10,12H2,2-4H3. The normalized spacial score (nSPS) is 12.0. The number of esters is 2. The maximum absolute atomic E-state index is 11.5. The van der Waals surface area contributed by atoms with Crippen molar-refractivity contribution in [2.45, 2.75) is 12.8 Å². The molecule has 0 bridgehead atoms. The van der Waals surface area contributed by atoms with Crippen molar-refractivity contribution >= 4 is 21.8 Å². The molecule has 0 heterocycles. The van der Waals surface area contributed by atoms with E-state index in [9.17, 15) is 18.0 Å². The Hall–Kier alpha value is -2.09. The van der Waals surface area contributed by atoms with Crippen LogP contribution in [0.15, 0.2) is 35.9 Å². The molecule has 8 heteroatoms. The highest BCUT2D eigenvalue weighted by atomic mass is 32.2. The Kier molecular flexibility index (Phi) is 9.64. The van der Waals surface area contributed by atoms with Gasteiger partial charge in [-0.15, -0.1) is 0 Å². The third kappa shape index (κ3) is 9.51. The lowest BCUT2D eigenvalue weighted by Crippen LogP contribution is -2.14. The first-order valence-corrected chi connectivity index (χ1v) is 8.77. The Bertz CT molecular complexity index is 577. The van der Waals surface area contributed by atoms with Gasteiger partial charge >= 0.3 is 11.9 Å². The average molecular weight is 345 g/mol. The van der Waals surface area contributed by atoms with Gasteiger partial charge in [0.1, 0.15) is 0 Å². The van der Waals surface area contributed by atoms with Gasteiger partial charge in [-0.3, -0.25) is 0 Å². The van der Waals surface area contributed by atoms with Crippen molar-refractivity contribution < 1.29 is 27.5 Å². The molecule has 130 valence electrons. The van der Waals surface area contributed by atoms with Gasteiger partial charge in [0.25, 0.3) is 0 Å². The van der Waals surface area contributed by atoms with E-state index in [2.05, 4.69) is 11.3 Å². The minimum atomic E-state index is -3.65. The zero-order valence-corrected chi connectivity index (χ0v) is 14.5. The number of rotatable bonds is 10. The van der Waals surface area contributed by atoms with Crippen LogP contribution in [0.5, 0.6) is 0 Å². The maximum Gasteiger partial charge on any atom is 0.349 e. The van der Waals surface area contributed by atoms with Crippen LogP contribution in [0.2, 0.25) is 0 Å². The van der Waals surface area contributed by atoms with E-state index in [4.69, 9.17) is 4.74 Å². The molecule has 0 aliphatic heterocycles. The van der Waals surface area contributed by atoms with E-state index in [1.54, 1.807) is 13.2 Å². The van der Waals surface area contributed by atoms with Crippen molar-refractivity contribution in [2.24, 2.45) is 0 Å². The van der Waals surface area contributed by atoms with Crippen LogP contribution in [-0.2, 0) is 28.9 Å². The number of hydrogen-bond donors (Lipinski definition) is 0. The average Bonchev–Trinajstić information content (AvgIpc) is 2.48. The second-order valence-electron chi connectivity index (χ2n) is 4.70. The molecule has 0 spiro atoms. The van der Waals surface area contributed by atoms with Gasteiger partial charge in [-0.25, -0.2) is 18.0 Å². The third-order valence-corrected chi connectivity index (χ3v) is 3.79. The van der Waals surface area contributed by atoms with Crippen LogP contribution in [0.1, 0.15) is 12.8 Å². The van der Waals surface area contributed by atoms with Gasteiger partial charge in [-0.1, -0.05) is 6.58 Å². The number of ether oxygens (including phenoxy) is 2. The first-order valence-electron chi connectivity index (χ1n) is 6.88. The number of carbonyl (C=O) groups excluding carboxylic acids is 2. The third-order valence-electron chi connectivity index (χ3n) is 2.69. The highest BCUT2D eigenvalue weighted by molar-refractivity contribution is 7.95. The predicted octanol–water partition coefficient (Wildman–Crippen LogP) is 1.04. The van der Waals surface area contributed by atoms with Gasteiger partial charge in [-0.2, -0.15) is 0 Å². The van der Waals surface area contributed by atoms with Gasteiger partial charge in [0.05, 0.1) is 13.7 Å². The molecule has 0 fully saturated rings. The summed E-state index contributed by atoms with van der Waals surface area (Å²) in [5, 5.41) is 0. The van der Waals surface area contributed by atoms with E-state index >= 15 is 0 Å². The van der Waals surface area contributed by atoms with Crippen molar-refractivity contribution in [2.75, 3.05) is 33.6 Å². The molecule has 0 atom stereocenters. The number of sulfone groups is 1. The molecule has 0 rings (SSSR count). The Morgan fingerprint density at radius 1 is 1.26 bits per heavy atom. The van der Waals surface area contributed by atoms with Crippen molar-refractivity contribution in [1.82, 2.24) is 4.90 Å². The largest absolute Gasteiger partial charge is 0.465 e. The summed E-state index contributed by atoms with van der Waals surface area (Å²) in [4.78, 5) is 23.6. The van der Waals surface area contributed by atoms with E-state index < -0.39 is 26.7 Å². The molecule has 0 radical (unpaired) electrons. The molecule has 0 N–H and O–H groups in total. The SMILES string of the molecule is C=CC(=O)OCCCCN(C)C=CC=C(C(=O)OC)S(C)(=O)=O. The molecule has 7 nitrogen and oxygen atoms in total. The van der Waals surface area contributed by atoms with Crippen molar-refractivity contribution in [3.8, 4) is 0 Å². The molecule has 0 unspecified atom stereocenters. The van der Waals surface area contributed by atoms with Crippen molar-refractivity contribution in [1.29, 1.82) is 0 Å². The van der Waals surface area contributed by atoms with Gasteiger partial charge in [0.2, 0.25) is 0 Å². The summed E-state index contributed by atoms with van der Waals surface area (Å²) in [7, 11) is -0.724. The second kappa shape index (κ2) is 10.6. The summed E-state index contributed by atoms with van der Waals surface area (Å²) in [5.74, 6) is -1.34. The summed E-state index contributed by atoms with van der Waals surface area (Å²) < 4.78 is 32.2. The number of nitrogens with zero attached hydrogens (tertiary/aromatic N) is 1. The molecule has 23 heavy (non-hydrogen) atoms. The smallest absolute Gasteiger partial charge is 0.349 e. The molecular formula is C15H23NO6S. The fourth-order valence-electron chi connectivity index (χ4n) is 1.49. The lowest BCUT2D eigenvalue weighted by atomic mass is 10.3. The molecule has 0 amide bonds. The van der Waals surface area contributed by atoms with Crippen LogP contribution >= 0.6 is 0 Å². The lowest BCUT2D eigenvalue weighted by Gasteiger charge is -2.13. The zero-order chi connectivity index (χ0) is 17.9. The van der Waals surface area contributed by atoms with E-state index in [0.717, 1.165) is 25.9 Å². The Labute approximate surface area is 137 Å². The molecule has 0 aromatic rings. The van der Waals surface area contributed by atoms with Gasteiger partial charge in [0.15, 0.2) is 14.7 Å². The topological polar surface area (TPSA) is 90.0 Å². The van der Waals surface area contributed by atoms with Crippen LogP contribution in [-0.4, -0.2) is 58.8 Å². The lowest BCUT2D eigenvalue weighted by molar-refractivity contribution is -0.138. The number of carbonyl (C=O) groups is 2. The Morgan fingerprint density at radius 2 is 1.91 bits per heavy atom. The molecule has 0 aromatic heterocycles. The first kappa shape index (κ1) is 20.9.